The summed E-state index contributed by atoms with van der Waals surface area (Å²) in [5.74, 6) is 2.65. The average Bonchev–Trinajstić information content (AvgIpc) is 2.92. The number of guanidine groups is 1. The zero-order valence-electron chi connectivity index (χ0n) is 15.5. The largest absolute Gasteiger partial charge is 0.356 e. The molecule has 0 unspecified atom stereocenters. The summed E-state index contributed by atoms with van der Waals surface area (Å²) in [6.07, 6.45) is 2.27. The molecular weight excluding hydrogens is 380 g/mol. The van der Waals surface area contributed by atoms with Gasteiger partial charge in [-0.15, -0.1) is 10.2 Å². The van der Waals surface area contributed by atoms with Crippen LogP contribution in [0.3, 0.4) is 0 Å². The number of benzene rings is 1. The summed E-state index contributed by atoms with van der Waals surface area (Å²) in [5.41, 5.74) is 1.24. The summed E-state index contributed by atoms with van der Waals surface area (Å²) in [4.78, 5) is 6.89. The Labute approximate surface area is 158 Å². The maximum absolute atomic E-state index is 4.75. The van der Waals surface area contributed by atoms with Crippen molar-refractivity contribution in [3.63, 3.8) is 0 Å². The van der Waals surface area contributed by atoms with Crippen molar-refractivity contribution >= 4 is 21.9 Å². The van der Waals surface area contributed by atoms with Crippen LogP contribution in [-0.2, 0) is 20.1 Å². The van der Waals surface area contributed by atoms with Crippen LogP contribution < -0.4 is 5.32 Å². The molecule has 0 aliphatic carbocycles. The third-order valence-corrected chi connectivity index (χ3v) is 4.59. The first-order valence-corrected chi connectivity index (χ1v) is 9.39. The normalized spacial score (nSPS) is 11.6. The number of aromatic nitrogens is 3. The zero-order valence-corrected chi connectivity index (χ0v) is 17.0. The first kappa shape index (κ1) is 19.4. The van der Waals surface area contributed by atoms with E-state index in [0.29, 0.717) is 6.54 Å². The second-order valence-corrected chi connectivity index (χ2v) is 7.04. The minimum Gasteiger partial charge on any atom is -0.356 e. The van der Waals surface area contributed by atoms with Crippen LogP contribution in [0.5, 0.6) is 0 Å². The molecule has 2 rings (SSSR count). The van der Waals surface area contributed by atoms with Gasteiger partial charge < -0.3 is 14.8 Å². The van der Waals surface area contributed by atoms with Crippen LogP contribution in [0.1, 0.15) is 37.0 Å². The Kier molecular flexibility index (Phi) is 7.43. The second-order valence-electron chi connectivity index (χ2n) is 6.13. The molecule has 2 aromatic rings. The van der Waals surface area contributed by atoms with Gasteiger partial charge in [-0.05, 0) is 31.0 Å². The molecule has 1 aromatic carbocycles. The third kappa shape index (κ3) is 5.85. The predicted octanol–water partition coefficient (Wildman–Crippen LogP) is 3.26. The van der Waals surface area contributed by atoms with E-state index in [9.17, 15) is 0 Å². The van der Waals surface area contributed by atoms with Gasteiger partial charge in [0.2, 0.25) is 0 Å². The van der Waals surface area contributed by atoms with Crippen molar-refractivity contribution in [2.24, 2.45) is 12.0 Å². The number of aryl methyl sites for hydroxylation is 1. The van der Waals surface area contributed by atoms with E-state index in [4.69, 9.17) is 4.99 Å². The molecule has 136 valence electrons. The summed E-state index contributed by atoms with van der Waals surface area (Å²) in [5, 5.41) is 11.7. The standard InChI is InChI=1S/C18H27BrN6/c1-5-6-11-20-18(21-12-17-23-22-14(2)25(17)4)24(3)13-15-7-9-16(19)10-8-15/h7-10H,5-6,11-13H2,1-4H3,(H,20,21). The van der Waals surface area contributed by atoms with Gasteiger partial charge in [0.05, 0.1) is 0 Å². The Balaban J connectivity index is 2.08. The number of nitrogens with one attached hydrogen (secondary N) is 1. The van der Waals surface area contributed by atoms with Crippen LogP contribution in [0, 0.1) is 6.92 Å². The van der Waals surface area contributed by atoms with Gasteiger partial charge in [0.15, 0.2) is 11.8 Å². The lowest BCUT2D eigenvalue weighted by Gasteiger charge is -2.22. The predicted molar refractivity (Wildman–Crippen MR) is 105 cm³/mol. The molecule has 0 aliphatic rings. The van der Waals surface area contributed by atoms with Crippen LogP contribution in [0.2, 0.25) is 0 Å². The van der Waals surface area contributed by atoms with E-state index in [2.05, 4.69) is 74.6 Å². The highest BCUT2D eigenvalue weighted by Crippen LogP contribution is 2.12. The second kappa shape index (κ2) is 9.56. The van der Waals surface area contributed by atoms with Crippen molar-refractivity contribution in [1.82, 2.24) is 25.0 Å². The topological polar surface area (TPSA) is 58.3 Å². The Morgan fingerprint density at radius 1 is 1.28 bits per heavy atom. The molecule has 1 heterocycles. The van der Waals surface area contributed by atoms with Gasteiger partial charge in [0.25, 0.3) is 0 Å². The first-order valence-electron chi connectivity index (χ1n) is 8.60. The van der Waals surface area contributed by atoms with Crippen LogP contribution in [0.4, 0.5) is 0 Å². The Morgan fingerprint density at radius 2 is 2.00 bits per heavy atom. The number of hydrogen-bond donors (Lipinski definition) is 1. The van der Waals surface area contributed by atoms with E-state index in [-0.39, 0.29) is 0 Å². The quantitative estimate of drug-likeness (QED) is 0.435. The Bertz CT molecular complexity index is 692. The molecule has 0 amide bonds. The van der Waals surface area contributed by atoms with E-state index in [1.54, 1.807) is 0 Å². The Hall–Kier alpha value is -1.89. The highest BCUT2D eigenvalue weighted by molar-refractivity contribution is 9.10. The third-order valence-electron chi connectivity index (χ3n) is 4.06. The summed E-state index contributed by atoms with van der Waals surface area (Å²) in [7, 11) is 4.03. The highest BCUT2D eigenvalue weighted by Gasteiger charge is 2.09. The number of unbranched alkanes of at least 4 members (excludes halogenated alkanes) is 1. The number of hydrogen-bond acceptors (Lipinski definition) is 3. The van der Waals surface area contributed by atoms with Crippen LogP contribution in [0.15, 0.2) is 33.7 Å². The molecule has 0 atom stereocenters. The molecule has 1 aromatic heterocycles. The Morgan fingerprint density at radius 3 is 2.60 bits per heavy atom. The van der Waals surface area contributed by atoms with Crippen LogP contribution >= 0.6 is 15.9 Å². The van der Waals surface area contributed by atoms with Gasteiger partial charge in [-0.3, -0.25) is 0 Å². The van der Waals surface area contributed by atoms with Gasteiger partial charge in [0, 0.05) is 31.7 Å². The maximum atomic E-state index is 4.75. The van der Waals surface area contributed by atoms with Gasteiger partial charge in [-0.2, -0.15) is 0 Å². The molecule has 25 heavy (non-hydrogen) atoms. The van der Waals surface area contributed by atoms with Crippen molar-refractivity contribution in [2.75, 3.05) is 13.6 Å². The van der Waals surface area contributed by atoms with Crippen molar-refractivity contribution < 1.29 is 0 Å². The van der Waals surface area contributed by atoms with Gasteiger partial charge in [-0.1, -0.05) is 41.4 Å². The summed E-state index contributed by atoms with van der Waals surface area (Å²) in [6, 6.07) is 8.37. The van der Waals surface area contributed by atoms with Gasteiger partial charge in [-0.25, -0.2) is 4.99 Å². The summed E-state index contributed by atoms with van der Waals surface area (Å²) >= 11 is 3.48. The van der Waals surface area contributed by atoms with Crippen LogP contribution in [-0.4, -0.2) is 39.2 Å². The molecular formula is C18H27BrN6. The average molecular weight is 407 g/mol. The molecule has 0 saturated carbocycles. The molecule has 0 bridgehead atoms. The molecule has 0 saturated heterocycles. The van der Waals surface area contributed by atoms with E-state index in [0.717, 1.165) is 48.0 Å². The van der Waals surface area contributed by atoms with Crippen molar-refractivity contribution in [3.05, 3.63) is 46.0 Å². The fourth-order valence-electron chi connectivity index (χ4n) is 2.36. The lowest BCUT2D eigenvalue weighted by Crippen LogP contribution is -2.39. The van der Waals surface area contributed by atoms with Crippen molar-refractivity contribution in [1.29, 1.82) is 0 Å². The highest BCUT2D eigenvalue weighted by atomic mass is 79.9. The maximum Gasteiger partial charge on any atom is 0.194 e. The lowest BCUT2D eigenvalue weighted by molar-refractivity contribution is 0.472. The van der Waals surface area contributed by atoms with E-state index < -0.39 is 0 Å². The summed E-state index contributed by atoms with van der Waals surface area (Å²) in [6.45, 7) is 6.35. The van der Waals surface area contributed by atoms with E-state index in [1.165, 1.54) is 5.56 Å². The minimum absolute atomic E-state index is 0.510. The molecule has 1 N–H and O–H groups in total. The lowest BCUT2D eigenvalue weighted by atomic mass is 10.2. The molecule has 0 spiro atoms. The molecule has 0 aliphatic heterocycles. The van der Waals surface area contributed by atoms with Gasteiger partial charge in [0.1, 0.15) is 12.4 Å². The SMILES string of the molecule is CCCCNC(=NCc1nnc(C)n1C)N(C)Cc1ccc(Br)cc1. The molecule has 7 heteroatoms. The number of rotatable bonds is 7. The fraction of sp³-hybridized carbons (Fsp3) is 0.500. The zero-order chi connectivity index (χ0) is 18.2. The molecule has 6 nitrogen and oxygen atoms in total. The number of nitrogens with zero attached hydrogens (tertiary/aromatic N) is 5. The van der Waals surface area contributed by atoms with Gasteiger partial charge >= 0.3 is 0 Å². The number of aliphatic imine (C=N–C) groups is 1. The first-order chi connectivity index (χ1) is 12.0. The van der Waals surface area contributed by atoms with Crippen LogP contribution in [0.25, 0.3) is 0 Å². The van der Waals surface area contributed by atoms with Crippen molar-refractivity contribution in [2.45, 2.75) is 39.8 Å². The van der Waals surface area contributed by atoms with E-state index >= 15 is 0 Å². The van der Waals surface area contributed by atoms with E-state index in [1.807, 2.05) is 18.5 Å². The minimum atomic E-state index is 0.510. The molecule has 0 fully saturated rings. The summed E-state index contributed by atoms with van der Waals surface area (Å²) < 4.78 is 3.06. The van der Waals surface area contributed by atoms with Crippen molar-refractivity contribution in [3.8, 4) is 0 Å². The molecule has 0 radical (unpaired) electrons. The fourth-order valence-corrected chi connectivity index (χ4v) is 2.63. The number of halogens is 1. The monoisotopic (exact) mass is 406 g/mol. The smallest absolute Gasteiger partial charge is 0.194 e.